The highest BCUT2D eigenvalue weighted by molar-refractivity contribution is 9.10. The Kier molecular flexibility index (Phi) is 4.89. The highest BCUT2D eigenvalue weighted by Crippen LogP contribution is 2.34. The Morgan fingerprint density at radius 1 is 1.57 bits per heavy atom. The fourth-order valence-electron chi connectivity index (χ4n) is 1.53. The van der Waals surface area contributed by atoms with Crippen LogP contribution in [0.3, 0.4) is 0 Å². The van der Waals surface area contributed by atoms with Gasteiger partial charge in [0.15, 0.2) is 5.82 Å². The Hall–Kier alpha value is -0.740. The standard InChI is InChI=1S/C11H10BrClFN3O2S2/c1-5-7(20-4-16-5)3-17-21(18,19)8-2-6(13)9(12)11(15)10(8)14/h2,4,17H,3,15H2,1H3. The Labute approximate surface area is 138 Å². The van der Waals surface area contributed by atoms with Crippen molar-refractivity contribution in [3.63, 3.8) is 0 Å². The van der Waals surface area contributed by atoms with E-state index >= 15 is 0 Å². The Morgan fingerprint density at radius 3 is 2.81 bits per heavy atom. The molecular formula is C11H10BrClFN3O2S2. The summed E-state index contributed by atoms with van der Waals surface area (Å²) < 4.78 is 40.8. The van der Waals surface area contributed by atoms with Crippen molar-refractivity contribution in [3.8, 4) is 0 Å². The number of halogens is 3. The van der Waals surface area contributed by atoms with Gasteiger partial charge in [-0.05, 0) is 28.9 Å². The van der Waals surface area contributed by atoms with Gasteiger partial charge in [-0.25, -0.2) is 22.5 Å². The summed E-state index contributed by atoms with van der Waals surface area (Å²) in [6.45, 7) is 1.78. The van der Waals surface area contributed by atoms with Crippen LogP contribution < -0.4 is 10.5 Å². The lowest BCUT2D eigenvalue weighted by molar-refractivity contribution is 0.558. The van der Waals surface area contributed by atoms with Crippen LogP contribution in [0.1, 0.15) is 10.6 Å². The molecule has 0 spiro atoms. The lowest BCUT2D eigenvalue weighted by Crippen LogP contribution is -2.24. The van der Waals surface area contributed by atoms with E-state index in [1.165, 1.54) is 11.3 Å². The van der Waals surface area contributed by atoms with Crippen molar-refractivity contribution in [1.29, 1.82) is 0 Å². The SMILES string of the molecule is Cc1ncsc1CNS(=O)(=O)c1cc(Cl)c(Br)c(N)c1F. The number of nitrogens with two attached hydrogens (primary N) is 1. The maximum Gasteiger partial charge on any atom is 0.243 e. The van der Waals surface area contributed by atoms with Crippen LogP contribution in [0.5, 0.6) is 0 Å². The van der Waals surface area contributed by atoms with E-state index in [-0.39, 0.29) is 21.7 Å². The van der Waals surface area contributed by atoms with E-state index in [4.69, 9.17) is 17.3 Å². The molecule has 0 fully saturated rings. The van der Waals surface area contributed by atoms with Crippen molar-refractivity contribution in [2.45, 2.75) is 18.4 Å². The smallest absolute Gasteiger partial charge is 0.243 e. The molecule has 0 unspecified atom stereocenters. The summed E-state index contributed by atoms with van der Waals surface area (Å²) in [6, 6.07) is 1.01. The molecule has 0 bridgehead atoms. The van der Waals surface area contributed by atoms with Gasteiger partial charge in [-0.15, -0.1) is 11.3 Å². The Morgan fingerprint density at radius 2 is 2.24 bits per heavy atom. The fraction of sp³-hybridized carbons (Fsp3) is 0.182. The molecule has 0 atom stereocenters. The van der Waals surface area contributed by atoms with E-state index in [2.05, 4.69) is 25.6 Å². The number of thiazole rings is 1. The number of benzene rings is 1. The van der Waals surface area contributed by atoms with E-state index in [9.17, 15) is 12.8 Å². The van der Waals surface area contributed by atoms with Gasteiger partial charge in [0.25, 0.3) is 0 Å². The van der Waals surface area contributed by atoms with Gasteiger partial charge in [0.1, 0.15) is 4.90 Å². The second kappa shape index (κ2) is 6.17. The molecule has 0 radical (unpaired) electrons. The number of anilines is 1. The molecule has 0 saturated carbocycles. The lowest BCUT2D eigenvalue weighted by Gasteiger charge is -2.11. The number of hydrogen-bond acceptors (Lipinski definition) is 5. The summed E-state index contributed by atoms with van der Waals surface area (Å²) >= 11 is 10.1. The van der Waals surface area contributed by atoms with Gasteiger partial charge in [0, 0.05) is 11.4 Å². The summed E-state index contributed by atoms with van der Waals surface area (Å²) in [7, 11) is -4.08. The zero-order chi connectivity index (χ0) is 15.8. The van der Waals surface area contributed by atoms with Gasteiger partial charge in [-0.2, -0.15) is 0 Å². The molecule has 2 aromatic rings. The molecule has 0 saturated heterocycles. The molecule has 1 heterocycles. The molecule has 0 amide bonds. The highest BCUT2D eigenvalue weighted by Gasteiger charge is 2.24. The quantitative estimate of drug-likeness (QED) is 0.595. The summed E-state index contributed by atoms with van der Waals surface area (Å²) in [5.41, 5.74) is 7.46. The van der Waals surface area contributed by atoms with Crippen molar-refractivity contribution in [1.82, 2.24) is 9.71 Å². The second-order valence-electron chi connectivity index (χ2n) is 4.08. The number of rotatable bonds is 4. The van der Waals surface area contributed by atoms with E-state index in [1.807, 2.05) is 0 Å². The largest absolute Gasteiger partial charge is 0.395 e. The van der Waals surface area contributed by atoms with Gasteiger partial charge in [0.05, 0.1) is 26.4 Å². The average molecular weight is 415 g/mol. The first-order valence-electron chi connectivity index (χ1n) is 5.55. The molecule has 21 heavy (non-hydrogen) atoms. The van der Waals surface area contributed by atoms with Crippen LogP contribution >= 0.6 is 38.9 Å². The van der Waals surface area contributed by atoms with Crippen LogP contribution in [-0.2, 0) is 16.6 Å². The second-order valence-corrected chi connectivity index (χ2v) is 7.96. The third-order valence-electron chi connectivity index (χ3n) is 2.71. The van der Waals surface area contributed by atoms with E-state index < -0.39 is 20.7 Å². The Bertz CT molecular complexity index is 795. The van der Waals surface area contributed by atoms with Crippen molar-refractivity contribution in [2.75, 3.05) is 5.73 Å². The number of nitrogens with zero attached hydrogens (tertiary/aromatic N) is 1. The minimum absolute atomic E-state index is 0.0169. The average Bonchev–Trinajstić information content (AvgIpc) is 2.83. The first-order valence-corrected chi connectivity index (χ1v) is 9.09. The van der Waals surface area contributed by atoms with Gasteiger partial charge in [0.2, 0.25) is 10.0 Å². The van der Waals surface area contributed by atoms with Crippen LogP contribution in [0, 0.1) is 12.7 Å². The molecule has 10 heteroatoms. The Balaban J connectivity index is 2.34. The summed E-state index contributed by atoms with van der Waals surface area (Å²) in [5.74, 6) is -1.04. The van der Waals surface area contributed by atoms with E-state index in [0.29, 0.717) is 0 Å². The number of sulfonamides is 1. The number of nitrogen functional groups attached to an aromatic ring is 1. The molecule has 0 aliphatic heterocycles. The molecule has 3 N–H and O–H groups in total. The van der Waals surface area contributed by atoms with Crippen LogP contribution in [-0.4, -0.2) is 13.4 Å². The van der Waals surface area contributed by atoms with Gasteiger partial charge in [-0.3, -0.25) is 0 Å². The number of aromatic nitrogens is 1. The van der Waals surface area contributed by atoms with Crippen LogP contribution in [0.4, 0.5) is 10.1 Å². The normalized spacial score (nSPS) is 11.8. The maximum absolute atomic E-state index is 14.0. The highest BCUT2D eigenvalue weighted by atomic mass is 79.9. The molecule has 0 aliphatic rings. The number of nitrogens with one attached hydrogen (secondary N) is 1. The molecule has 0 aliphatic carbocycles. The van der Waals surface area contributed by atoms with Crippen LogP contribution in [0.25, 0.3) is 0 Å². The molecule has 1 aromatic heterocycles. The third kappa shape index (κ3) is 3.37. The third-order valence-corrected chi connectivity index (χ3v) is 6.43. The first-order chi connectivity index (χ1) is 9.74. The zero-order valence-electron chi connectivity index (χ0n) is 10.7. The minimum Gasteiger partial charge on any atom is -0.395 e. The van der Waals surface area contributed by atoms with Gasteiger partial charge < -0.3 is 5.73 Å². The molecular weight excluding hydrogens is 405 g/mol. The molecule has 1 aromatic carbocycles. The predicted molar refractivity (Wildman–Crippen MR) is 84.4 cm³/mol. The zero-order valence-corrected chi connectivity index (χ0v) is 14.6. The summed E-state index contributed by atoms with van der Waals surface area (Å²) in [6.07, 6.45) is 0. The van der Waals surface area contributed by atoms with E-state index in [0.717, 1.165) is 16.6 Å². The minimum atomic E-state index is -4.08. The topological polar surface area (TPSA) is 85.1 Å². The lowest BCUT2D eigenvalue weighted by atomic mass is 10.3. The monoisotopic (exact) mass is 413 g/mol. The van der Waals surface area contributed by atoms with Gasteiger partial charge in [-0.1, -0.05) is 11.6 Å². The van der Waals surface area contributed by atoms with Crippen molar-refractivity contribution in [2.24, 2.45) is 0 Å². The maximum atomic E-state index is 14.0. The first kappa shape index (κ1) is 16.6. The predicted octanol–water partition coefficient (Wildman–Crippen LogP) is 3.07. The summed E-state index contributed by atoms with van der Waals surface area (Å²) in [4.78, 5) is 4.17. The van der Waals surface area contributed by atoms with Crippen LogP contribution in [0.2, 0.25) is 5.02 Å². The van der Waals surface area contributed by atoms with Crippen LogP contribution in [0.15, 0.2) is 20.9 Å². The molecule has 114 valence electrons. The van der Waals surface area contributed by atoms with Crippen molar-refractivity contribution in [3.05, 3.63) is 37.5 Å². The van der Waals surface area contributed by atoms with Gasteiger partial charge >= 0.3 is 0 Å². The van der Waals surface area contributed by atoms with Crippen molar-refractivity contribution >= 4 is 54.6 Å². The number of aryl methyl sites for hydroxylation is 1. The number of hydrogen-bond donors (Lipinski definition) is 2. The fourth-order valence-corrected chi connectivity index (χ4v) is 4.01. The van der Waals surface area contributed by atoms with E-state index in [1.54, 1.807) is 12.4 Å². The molecule has 5 nitrogen and oxygen atoms in total. The van der Waals surface area contributed by atoms with Crippen molar-refractivity contribution < 1.29 is 12.8 Å². The summed E-state index contributed by atoms with van der Waals surface area (Å²) in [5, 5.41) is 0.0169. The molecule has 2 rings (SSSR count).